The molecule has 1 aromatic heterocycles. The van der Waals surface area contributed by atoms with Crippen molar-refractivity contribution in [1.29, 1.82) is 0 Å². The predicted molar refractivity (Wildman–Crippen MR) is 80.4 cm³/mol. The summed E-state index contributed by atoms with van der Waals surface area (Å²) in [6, 6.07) is 3.61. The Balaban J connectivity index is 2.31. The van der Waals surface area contributed by atoms with Crippen LogP contribution in [0.4, 0.5) is 0 Å². The monoisotopic (exact) mass is 320 g/mol. The maximum atomic E-state index is 6.07. The molecule has 0 atom stereocenters. The number of aromatic nitrogens is 2. The van der Waals surface area contributed by atoms with Crippen molar-refractivity contribution in [3.8, 4) is 0 Å². The number of benzene rings is 1. The van der Waals surface area contributed by atoms with Gasteiger partial charge < -0.3 is 9.30 Å². The van der Waals surface area contributed by atoms with Gasteiger partial charge in [-0.2, -0.15) is 0 Å². The lowest BCUT2D eigenvalue weighted by Gasteiger charge is -2.08. The number of nitrogens with zero attached hydrogens (tertiary/aromatic N) is 2. The Hall–Kier alpha value is -0.480. The van der Waals surface area contributed by atoms with Gasteiger partial charge in [-0.3, -0.25) is 0 Å². The molecule has 2 aromatic rings. The number of aryl methyl sites for hydroxylation is 1. The van der Waals surface area contributed by atoms with E-state index in [1.54, 1.807) is 6.07 Å². The summed E-state index contributed by atoms with van der Waals surface area (Å²) in [5, 5.41) is 1.04. The van der Waals surface area contributed by atoms with Crippen LogP contribution in [0, 0.1) is 0 Å². The lowest BCUT2D eigenvalue weighted by atomic mass is 10.3. The number of halogens is 3. The van der Waals surface area contributed by atoms with Crippen LogP contribution in [-0.2, 0) is 17.2 Å². The minimum Gasteiger partial charge on any atom is -0.382 e. The molecular weight excluding hydrogens is 307 g/mol. The van der Waals surface area contributed by atoms with Gasteiger partial charge in [0.25, 0.3) is 0 Å². The molecule has 1 heterocycles. The van der Waals surface area contributed by atoms with Gasteiger partial charge in [0.15, 0.2) is 0 Å². The van der Waals surface area contributed by atoms with E-state index >= 15 is 0 Å². The summed E-state index contributed by atoms with van der Waals surface area (Å²) in [7, 11) is 0. The van der Waals surface area contributed by atoms with Gasteiger partial charge in [-0.25, -0.2) is 4.98 Å². The van der Waals surface area contributed by atoms with Crippen molar-refractivity contribution in [1.82, 2.24) is 9.55 Å². The number of imidazole rings is 1. The first-order chi connectivity index (χ1) is 9.17. The van der Waals surface area contributed by atoms with Crippen molar-refractivity contribution >= 4 is 45.8 Å². The van der Waals surface area contributed by atoms with Gasteiger partial charge >= 0.3 is 0 Å². The van der Waals surface area contributed by atoms with E-state index in [1.807, 2.05) is 13.0 Å². The van der Waals surface area contributed by atoms with Crippen LogP contribution >= 0.6 is 34.8 Å². The molecule has 1 aromatic carbocycles. The van der Waals surface area contributed by atoms with Gasteiger partial charge in [0.05, 0.1) is 27.0 Å². The SMILES string of the molecule is CCOCCCn1c(CCl)nc2cc(Cl)c(Cl)cc21. The third kappa shape index (κ3) is 3.34. The zero-order valence-corrected chi connectivity index (χ0v) is 12.9. The third-order valence-corrected chi connectivity index (χ3v) is 3.82. The molecule has 0 N–H and O–H groups in total. The molecule has 0 saturated carbocycles. The van der Waals surface area contributed by atoms with Gasteiger partial charge in [0.1, 0.15) is 5.82 Å². The van der Waals surface area contributed by atoms with Gasteiger partial charge in [-0.05, 0) is 25.5 Å². The average molecular weight is 322 g/mol. The van der Waals surface area contributed by atoms with Crippen LogP contribution in [0.15, 0.2) is 12.1 Å². The zero-order chi connectivity index (χ0) is 13.8. The molecule has 6 heteroatoms. The van der Waals surface area contributed by atoms with Crippen molar-refractivity contribution < 1.29 is 4.74 Å². The molecule has 0 aliphatic heterocycles. The molecule has 0 aliphatic carbocycles. The van der Waals surface area contributed by atoms with Crippen LogP contribution in [-0.4, -0.2) is 22.8 Å². The molecule has 0 radical (unpaired) electrons. The van der Waals surface area contributed by atoms with E-state index in [-0.39, 0.29) is 0 Å². The molecule has 104 valence electrons. The number of alkyl halides is 1. The summed E-state index contributed by atoms with van der Waals surface area (Å²) < 4.78 is 7.42. The van der Waals surface area contributed by atoms with E-state index in [1.165, 1.54) is 0 Å². The highest BCUT2D eigenvalue weighted by atomic mass is 35.5. The van der Waals surface area contributed by atoms with E-state index in [2.05, 4.69) is 9.55 Å². The summed E-state index contributed by atoms with van der Waals surface area (Å²) in [5.41, 5.74) is 1.78. The van der Waals surface area contributed by atoms with E-state index in [0.717, 1.165) is 43.0 Å². The number of hydrogen-bond donors (Lipinski definition) is 0. The maximum Gasteiger partial charge on any atom is 0.124 e. The molecule has 19 heavy (non-hydrogen) atoms. The van der Waals surface area contributed by atoms with Crippen LogP contribution in [0.1, 0.15) is 19.2 Å². The van der Waals surface area contributed by atoms with E-state index < -0.39 is 0 Å². The Morgan fingerprint density at radius 3 is 2.68 bits per heavy atom. The third-order valence-electron chi connectivity index (χ3n) is 2.86. The molecule has 0 spiro atoms. The second-order valence-corrected chi connectivity index (χ2v) is 5.20. The normalized spacial score (nSPS) is 11.4. The second kappa shape index (κ2) is 6.80. The standard InChI is InChI=1S/C13H15Cl3N2O/c1-2-19-5-3-4-18-12-7-10(16)9(15)6-11(12)17-13(18)8-14/h6-7H,2-5,8H2,1H3. The quantitative estimate of drug-likeness (QED) is 0.578. The Morgan fingerprint density at radius 1 is 1.26 bits per heavy atom. The molecule has 3 nitrogen and oxygen atoms in total. The van der Waals surface area contributed by atoms with Crippen LogP contribution in [0.3, 0.4) is 0 Å². The topological polar surface area (TPSA) is 27.1 Å². The van der Waals surface area contributed by atoms with Crippen LogP contribution in [0.2, 0.25) is 10.0 Å². The first kappa shape index (κ1) is 14.9. The highest BCUT2D eigenvalue weighted by Gasteiger charge is 2.12. The van der Waals surface area contributed by atoms with Crippen LogP contribution in [0.25, 0.3) is 11.0 Å². The lowest BCUT2D eigenvalue weighted by molar-refractivity contribution is 0.142. The first-order valence-electron chi connectivity index (χ1n) is 6.15. The smallest absolute Gasteiger partial charge is 0.124 e. The van der Waals surface area contributed by atoms with Crippen molar-refractivity contribution in [2.24, 2.45) is 0 Å². The molecule has 0 amide bonds. The van der Waals surface area contributed by atoms with Gasteiger partial charge in [0, 0.05) is 19.8 Å². The second-order valence-electron chi connectivity index (χ2n) is 4.12. The fourth-order valence-electron chi connectivity index (χ4n) is 1.99. The molecular formula is C13H15Cl3N2O. The first-order valence-corrected chi connectivity index (χ1v) is 7.44. The van der Waals surface area contributed by atoms with Crippen molar-refractivity contribution in [2.75, 3.05) is 13.2 Å². The molecule has 0 aliphatic rings. The average Bonchev–Trinajstić information content (AvgIpc) is 2.73. The van der Waals surface area contributed by atoms with E-state index in [0.29, 0.717) is 15.9 Å². The summed E-state index contributed by atoms with van der Waals surface area (Å²) in [4.78, 5) is 4.48. The molecule has 2 rings (SSSR count). The van der Waals surface area contributed by atoms with E-state index in [9.17, 15) is 0 Å². The van der Waals surface area contributed by atoms with Crippen LogP contribution in [0.5, 0.6) is 0 Å². The van der Waals surface area contributed by atoms with Crippen LogP contribution < -0.4 is 0 Å². The molecule has 0 unspecified atom stereocenters. The van der Waals surface area contributed by atoms with Gasteiger partial charge in [-0.1, -0.05) is 23.2 Å². The number of fused-ring (bicyclic) bond motifs is 1. The predicted octanol–water partition coefficient (Wildman–Crippen LogP) is 4.51. The number of hydrogen-bond acceptors (Lipinski definition) is 2. The van der Waals surface area contributed by atoms with Gasteiger partial charge in [0.2, 0.25) is 0 Å². The Kier molecular flexibility index (Phi) is 5.34. The fourth-order valence-corrected chi connectivity index (χ4v) is 2.51. The maximum absolute atomic E-state index is 6.07. The minimum atomic E-state index is 0.360. The number of ether oxygens (including phenoxy) is 1. The fraction of sp³-hybridized carbons (Fsp3) is 0.462. The molecule has 0 saturated heterocycles. The minimum absolute atomic E-state index is 0.360. The van der Waals surface area contributed by atoms with Gasteiger partial charge in [-0.15, -0.1) is 11.6 Å². The number of rotatable bonds is 6. The summed E-state index contributed by atoms with van der Waals surface area (Å²) in [5.74, 6) is 1.19. The largest absolute Gasteiger partial charge is 0.382 e. The van der Waals surface area contributed by atoms with Crippen molar-refractivity contribution in [3.05, 3.63) is 28.0 Å². The Bertz CT molecular complexity index is 569. The summed E-state index contributed by atoms with van der Waals surface area (Å²) in [6.45, 7) is 4.24. The Labute approximate surface area is 127 Å². The molecule has 0 fully saturated rings. The summed E-state index contributed by atoms with van der Waals surface area (Å²) in [6.07, 6.45) is 0.906. The highest BCUT2D eigenvalue weighted by Crippen LogP contribution is 2.28. The lowest BCUT2D eigenvalue weighted by Crippen LogP contribution is -2.05. The zero-order valence-electron chi connectivity index (χ0n) is 10.6. The highest BCUT2D eigenvalue weighted by molar-refractivity contribution is 6.42. The molecule has 0 bridgehead atoms. The Morgan fingerprint density at radius 2 is 2.00 bits per heavy atom. The van der Waals surface area contributed by atoms with Crippen molar-refractivity contribution in [3.63, 3.8) is 0 Å². The van der Waals surface area contributed by atoms with E-state index in [4.69, 9.17) is 39.5 Å². The van der Waals surface area contributed by atoms with Crippen molar-refractivity contribution in [2.45, 2.75) is 25.8 Å². The summed E-state index contributed by atoms with van der Waals surface area (Å²) >= 11 is 18.0.